The summed E-state index contributed by atoms with van der Waals surface area (Å²) >= 11 is 0. The van der Waals surface area contributed by atoms with Crippen molar-refractivity contribution in [2.24, 2.45) is 0 Å². The Morgan fingerprint density at radius 1 is 1.24 bits per heavy atom. The van der Waals surface area contributed by atoms with E-state index in [0.717, 1.165) is 12.2 Å². The van der Waals surface area contributed by atoms with E-state index >= 15 is 0 Å². The molecule has 2 aromatic rings. The third-order valence-corrected chi connectivity index (χ3v) is 2.14. The van der Waals surface area contributed by atoms with Crippen molar-refractivity contribution in [3.63, 3.8) is 0 Å². The van der Waals surface area contributed by atoms with Crippen LogP contribution >= 0.6 is 0 Å². The molecule has 0 aliphatic rings. The summed E-state index contributed by atoms with van der Waals surface area (Å²) in [6.07, 6.45) is 6.74. The second-order valence-corrected chi connectivity index (χ2v) is 4.82. The molecule has 90 valence electrons. The largest absolute Gasteiger partial charge is 0.306 e. The molecule has 0 saturated carbocycles. The summed E-state index contributed by atoms with van der Waals surface area (Å²) in [5, 5.41) is 11.1. The summed E-state index contributed by atoms with van der Waals surface area (Å²) < 4.78 is 1.76. The minimum Gasteiger partial charge on any atom is -0.306 e. The second-order valence-electron chi connectivity index (χ2n) is 4.82. The highest BCUT2D eigenvalue weighted by Gasteiger charge is 2.10. The lowest BCUT2D eigenvalue weighted by molar-refractivity contribution is 0.421. The zero-order valence-corrected chi connectivity index (χ0v) is 10.3. The van der Waals surface area contributed by atoms with Crippen LogP contribution in [0.5, 0.6) is 0 Å². The summed E-state index contributed by atoms with van der Waals surface area (Å²) in [6.45, 7) is 7.08. The van der Waals surface area contributed by atoms with Crippen LogP contribution in [0.1, 0.15) is 26.5 Å². The van der Waals surface area contributed by atoms with Crippen molar-refractivity contribution in [3.8, 4) is 5.95 Å². The first-order valence-corrected chi connectivity index (χ1v) is 5.46. The molecule has 1 N–H and O–H groups in total. The fourth-order valence-corrected chi connectivity index (χ4v) is 1.28. The maximum atomic E-state index is 4.29. The number of rotatable bonds is 3. The molecule has 2 heterocycles. The first-order chi connectivity index (χ1) is 8.04. The molecule has 0 aliphatic heterocycles. The lowest BCUT2D eigenvalue weighted by Crippen LogP contribution is -2.35. The second kappa shape index (κ2) is 4.58. The SMILES string of the molecule is CC(C)(C)NCc1cn(-c2nccnn2)cn1. The Morgan fingerprint density at radius 2 is 2.06 bits per heavy atom. The lowest BCUT2D eigenvalue weighted by atomic mass is 10.1. The molecule has 0 spiro atoms. The highest BCUT2D eigenvalue weighted by Crippen LogP contribution is 2.04. The Labute approximate surface area is 100 Å². The van der Waals surface area contributed by atoms with Crippen molar-refractivity contribution >= 4 is 0 Å². The lowest BCUT2D eigenvalue weighted by Gasteiger charge is -2.19. The summed E-state index contributed by atoms with van der Waals surface area (Å²) in [6, 6.07) is 0. The molecule has 0 radical (unpaired) electrons. The van der Waals surface area contributed by atoms with E-state index in [0.29, 0.717) is 5.95 Å². The van der Waals surface area contributed by atoms with E-state index in [1.807, 2.05) is 6.20 Å². The molecule has 6 heteroatoms. The van der Waals surface area contributed by atoms with Crippen LogP contribution in [0.15, 0.2) is 24.9 Å². The number of nitrogens with one attached hydrogen (secondary N) is 1. The Balaban J connectivity index is 2.07. The van der Waals surface area contributed by atoms with Gasteiger partial charge in [0.15, 0.2) is 0 Å². The molecular formula is C11H16N6. The summed E-state index contributed by atoms with van der Waals surface area (Å²) in [5.41, 5.74) is 1.03. The fourth-order valence-electron chi connectivity index (χ4n) is 1.28. The van der Waals surface area contributed by atoms with E-state index in [4.69, 9.17) is 0 Å². The van der Waals surface area contributed by atoms with Crippen molar-refractivity contribution in [2.75, 3.05) is 0 Å². The molecule has 0 aromatic carbocycles. The summed E-state index contributed by atoms with van der Waals surface area (Å²) in [4.78, 5) is 8.39. The number of hydrogen-bond donors (Lipinski definition) is 1. The van der Waals surface area contributed by atoms with Gasteiger partial charge < -0.3 is 5.32 Å². The molecule has 0 amide bonds. The normalized spacial score (nSPS) is 11.7. The number of aromatic nitrogens is 5. The van der Waals surface area contributed by atoms with Gasteiger partial charge in [-0.2, -0.15) is 5.10 Å². The fraction of sp³-hybridized carbons (Fsp3) is 0.455. The molecule has 0 saturated heterocycles. The molecule has 2 rings (SSSR count). The predicted octanol–water partition coefficient (Wildman–Crippen LogP) is 0.945. The zero-order chi connectivity index (χ0) is 12.3. The monoisotopic (exact) mass is 232 g/mol. The van der Waals surface area contributed by atoms with Crippen LogP contribution in [-0.2, 0) is 6.54 Å². The molecule has 17 heavy (non-hydrogen) atoms. The smallest absolute Gasteiger partial charge is 0.254 e. The third-order valence-electron chi connectivity index (χ3n) is 2.14. The van der Waals surface area contributed by atoms with Gasteiger partial charge in [0.05, 0.1) is 18.1 Å². The maximum Gasteiger partial charge on any atom is 0.254 e. The van der Waals surface area contributed by atoms with Gasteiger partial charge in [-0.25, -0.2) is 9.97 Å². The van der Waals surface area contributed by atoms with Crippen LogP contribution in [0.4, 0.5) is 0 Å². The van der Waals surface area contributed by atoms with E-state index in [1.165, 1.54) is 0 Å². The highest BCUT2D eigenvalue weighted by atomic mass is 15.3. The van der Waals surface area contributed by atoms with Crippen LogP contribution in [-0.4, -0.2) is 30.3 Å². The molecule has 0 fully saturated rings. The van der Waals surface area contributed by atoms with Gasteiger partial charge in [-0.3, -0.25) is 4.57 Å². The molecule has 0 aliphatic carbocycles. The Bertz CT molecular complexity index is 470. The van der Waals surface area contributed by atoms with E-state index < -0.39 is 0 Å². The van der Waals surface area contributed by atoms with Crippen molar-refractivity contribution in [2.45, 2.75) is 32.9 Å². The van der Waals surface area contributed by atoms with Crippen LogP contribution in [0.25, 0.3) is 5.95 Å². The minimum absolute atomic E-state index is 0.0780. The predicted molar refractivity (Wildman–Crippen MR) is 63.5 cm³/mol. The quantitative estimate of drug-likeness (QED) is 0.853. The van der Waals surface area contributed by atoms with Gasteiger partial charge in [0.25, 0.3) is 5.95 Å². The highest BCUT2D eigenvalue weighted by molar-refractivity contribution is 5.11. The van der Waals surface area contributed by atoms with Gasteiger partial charge in [0, 0.05) is 18.3 Å². The van der Waals surface area contributed by atoms with Gasteiger partial charge >= 0.3 is 0 Å². The maximum absolute atomic E-state index is 4.29. The summed E-state index contributed by atoms with van der Waals surface area (Å²) in [5.74, 6) is 0.530. The Morgan fingerprint density at radius 3 is 2.71 bits per heavy atom. The van der Waals surface area contributed by atoms with Gasteiger partial charge in [0.1, 0.15) is 6.33 Å². The standard InChI is InChI=1S/C11H16N6/c1-11(2,3)14-6-9-7-17(8-13-9)10-12-4-5-15-16-10/h4-5,7-8,14H,6H2,1-3H3. The minimum atomic E-state index is 0.0780. The van der Waals surface area contributed by atoms with Crippen molar-refractivity contribution < 1.29 is 0 Å². The molecule has 0 atom stereocenters. The van der Waals surface area contributed by atoms with E-state index in [2.05, 4.69) is 46.3 Å². The van der Waals surface area contributed by atoms with E-state index in [9.17, 15) is 0 Å². The van der Waals surface area contributed by atoms with Gasteiger partial charge in [0.2, 0.25) is 0 Å². The third kappa shape index (κ3) is 3.32. The number of imidazole rings is 1. The molecule has 0 unspecified atom stereocenters. The Kier molecular flexibility index (Phi) is 3.14. The molecule has 0 bridgehead atoms. The molecule has 6 nitrogen and oxygen atoms in total. The van der Waals surface area contributed by atoms with Crippen LogP contribution in [0.2, 0.25) is 0 Å². The van der Waals surface area contributed by atoms with Gasteiger partial charge in [-0.1, -0.05) is 0 Å². The zero-order valence-electron chi connectivity index (χ0n) is 10.3. The first kappa shape index (κ1) is 11.7. The average Bonchev–Trinajstić information content (AvgIpc) is 2.75. The molecule has 2 aromatic heterocycles. The van der Waals surface area contributed by atoms with Crippen molar-refractivity contribution in [1.82, 2.24) is 30.0 Å². The number of hydrogen-bond acceptors (Lipinski definition) is 5. The van der Waals surface area contributed by atoms with Crippen LogP contribution in [0, 0.1) is 0 Å². The average molecular weight is 232 g/mol. The Hall–Kier alpha value is -1.82. The summed E-state index contributed by atoms with van der Waals surface area (Å²) in [7, 11) is 0. The van der Waals surface area contributed by atoms with E-state index in [1.54, 1.807) is 23.3 Å². The van der Waals surface area contributed by atoms with Gasteiger partial charge in [-0.05, 0) is 20.8 Å². The van der Waals surface area contributed by atoms with Crippen LogP contribution in [0.3, 0.4) is 0 Å². The van der Waals surface area contributed by atoms with Crippen LogP contribution < -0.4 is 5.32 Å². The first-order valence-electron chi connectivity index (χ1n) is 5.46. The number of nitrogens with zero attached hydrogens (tertiary/aromatic N) is 5. The van der Waals surface area contributed by atoms with Crippen molar-refractivity contribution in [3.05, 3.63) is 30.6 Å². The van der Waals surface area contributed by atoms with Crippen molar-refractivity contribution in [1.29, 1.82) is 0 Å². The van der Waals surface area contributed by atoms with Gasteiger partial charge in [-0.15, -0.1) is 5.10 Å². The molecular weight excluding hydrogens is 216 g/mol. The van der Waals surface area contributed by atoms with E-state index in [-0.39, 0.29) is 5.54 Å². The topological polar surface area (TPSA) is 68.5 Å².